The van der Waals surface area contributed by atoms with E-state index in [-0.39, 0.29) is 119 Å². The van der Waals surface area contributed by atoms with E-state index in [1.54, 1.807) is 0 Å². The smallest absolute Gasteiger partial charge is 0.274 e. The Morgan fingerprint density at radius 1 is 0.746 bits per heavy atom. The number of hydrogen-bond donors (Lipinski definition) is 7. The number of benzene rings is 2. The van der Waals surface area contributed by atoms with Crippen LogP contribution in [-0.2, 0) is 22.4 Å². The molecule has 2 aromatic carbocycles. The molecule has 17 nitrogen and oxygen atoms in total. The average molecular weight is 866 g/mol. The molecule has 9 N–H and O–H groups in total. The third-order valence-electron chi connectivity index (χ3n) is 10.2. The second-order valence-electron chi connectivity index (χ2n) is 14.4. The van der Waals surface area contributed by atoms with Crippen molar-refractivity contribution in [3.8, 4) is 11.5 Å². The van der Waals surface area contributed by atoms with E-state index in [1.165, 1.54) is 9.80 Å². The summed E-state index contributed by atoms with van der Waals surface area (Å²) in [6, 6.07) is 15.1. The molecule has 1 fully saturated rings. The summed E-state index contributed by atoms with van der Waals surface area (Å²) in [7, 11) is 0. The standard InChI is InChI=1S/C40H57ClN8O9.ClH/c41-37-39(43)46-38(42)36(45-37)40(56)44-31-6-3-21-49(26-31,19-1-4-29-7-11-32(12-8-29)57-27-34(54)47(15-22-50)16-23-51)20-2-5-30-9-13-33(14-10-30)58-28-35(55)48(17-24-52)18-25-53;/h7-14,31,50-53H,1-6,15-28H2,(H4-,42,43,44,46,56);1H/t31-;/m0./s1. The highest BCUT2D eigenvalue weighted by Crippen LogP contribution is 2.25. The third-order valence-corrected chi connectivity index (χ3v) is 10.5. The van der Waals surface area contributed by atoms with E-state index in [9.17, 15) is 34.8 Å². The summed E-state index contributed by atoms with van der Waals surface area (Å²) in [5, 5.41) is 39.8. The van der Waals surface area contributed by atoms with Gasteiger partial charge in [0.05, 0.1) is 58.6 Å². The lowest BCUT2D eigenvalue weighted by molar-refractivity contribution is -0.933. The van der Waals surface area contributed by atoms with Crippen LogP contribution in [0.25, 0.3) is 0 Å². The molecule has 0 spiro atoms. The number of aromatic nitrogens is 2. The van der Waals surface area contributed by atoms with Crippen molar-refractivity contribution in [2.24, 2.45) is 0 Å². The molecule has 0 unspecified atom stereocenters. The predicted octanol–water partition coefficient (Wildman–Crippen LogP) is -2.34. The summed E-state index contributed by atoms with van der Waals surface area (Å²) in [5.74, 6) is -0.117. The normalized spacial score (nSPS) is 14.5. The topological polar surface area (TPSA) is 247 Å². The molecule has 3 amide bonds. The molecule has 0 bridgehead atoms. The molecular weight excluding hydrogens is 807 g/mol. The molecular formula is C40H58Cl2N8O9. The van der Waals surface area contributed by atoms with E-state index in [2.05, 4.69) is 15.3 Å². The molecule has 1 atom stereocenters. The highest BCUT2D eigenvalue weighted by Gasteiger charge is 2.36. The number of aliphatic hydroxyl groups excluding tert-OH is 4. The summed E-state index contributed by atoms with van der Waals surface area (Å²) in [5.41, 5.74) is 13.9. The number of aliphatic hydroxyl groups is 4. The molecule has 3 aromatic rings. The minimum atomic E-state index is -0.450. The summed E-state index contributed by atoms with van der Waals surface area (Å²) in [4.78, 5) is 49.0. The second kappa shape index (κ2) is 25.2. The van der Waals surface area contributed by atoms with Crippen molar-refractivity contribution in [3.63, 3.8) is 0 Å². The second-order valence-corrected chi connectivity index (χ2v) is 14.7. The SMILES string of the molecule is Nc1nc(N)c(C(=O)N[C@H]2CCC[N+](CCCc3ccc(OCC(=O)N(CCO)CCO)cc3)(CCCc3ccc(OCC(=O)N(CCO)CCO)cc3)C2)nc1Cl.[Cl-]. The lowest BCUT2D eigenvalue weighted by atomic mass is 9.99. The summed E-state index contributed by atoms with van der Waals surface area (Å²) in [6.07, 6.45) is 5.11. The van der Waals surface area contributed by atoms with Gasteiger partial charge in [0.15, 0.2) is 35.7 Å². The van der Waals surface area contributed by atoms with E-state index in [0.717, 1.165) is 80.3 Å². The molecule has 1 aliphatic rings. The number of rotatable bonds is 24. The van der Waals surface area contributed by atoms with Gasteiger partial charge in [-0.3, -0.25) is 14.4 Å². The van der Waals surface area contributed by atoms with E-state index in [1.807, 2.05) is 48.5 Å². The Balaban J connectivity index is 0.00000930. The predicted molar refractivity (Wildman–Crippen MR) is 218 cm³/mol. The van der Waals surface area contributed by atoms with Gasteiger partial charge < -0.3 is 73.4 Å². The molecule has 326 valence electrons. The van der Waals surface area contributed by atoms with Crippen LogP contribution in [0.1, 0.15) is 47.3 Å². The first-order chi connectivity index (χ1) is 28.0. The third kappa shape index (κ3) is 15.6. The number of carbonyl (C=O) groups excluding carboxylic acids is 3. The van der Waals surface area contributed by atoms with Crippen LogP contribution in [0.2, 0.25) is 5.15 Å². The number of nitrogens with one attached hydrogen (secondary N) is 1. The van der Waals surface area contributed by atoms with E-state index in [0.29, 0.717) is 11.5 Å². The quantitative estimate of drug-likeness (QED) is 0.0468. The van der Waals surface area contributed by atoms with Crippen molar-refractivity contribution in [1.82, 2.24) is 25.1 Å². The van der Waals surface area contributed by atoms with Gasteiger partial charge in [-0.25, -0.2) is 9.97 Å². The van der Waals surface area contributed by atoms with Crippen LogP contribution in [0, 0.1) is 0 Å². The van der Waals surface area contributed by atoms with Gasteiger partial charge >= 0.3 is 0 Å². The summed E-state index contributed by atoms with van der Waals surface area (Å²) in [6.45, 7) is 2.75. The molecule has 19 heteroatoms. The van der Waals surface area contributed by atoms with Crippen molar-refractivity contribution in [1.29, 1.82) is 0 Å². The molecule has 1 aliphatic heterocycles. The fourth-order valence-corrected chi connectivity index (χ4v) is 7.37. The first-order valence-corrected chi connectivity index (χ1v) is 20.0. The number of nitrogens with two attached hydrogens (primary N) is 2. The average Bonchev–Trinajstić information content (AvgIpc) is 3.21. The Morgan fingerprint density at radius 3 is 1.64 bits per heavy atom. The van der Waals surface area contributed by atoms with Crippen molar-refractivity contribution in [2.45, 2.75) is 44.6 Å². The fraction of sp³-hybridized carbons (Fsp3) is 0.525. The number of quaternary nitrogens is 1. The van der Waals surface area contributed by atoms with Crippen LogP contribution in [0.4, 0.5) is 11.6 Å². The molecule has 0 saturated carbocycles. The number of amides is 3. The Labute approximate surface area is 356 Å². The van der Waals surface area contributed by atoms with Crippen LogP contribution >= 0.6 is 11.6 Å². The van der Waals surface area contributed by atoms with Crippen molar-refractivity contribution in [3.05, 3.63) is 70.5 Å². The maximum absolute atomic E-state index is 13.3. The molecule has 2 heterocycles. The highest BCUT2D eigenvalue weighted by molar-refractivity contribution is 6.31. The van der Waals surface area contributed by atoms with Crippen LogP contribution in [0.15, 0.2) is 48.5 Å². The first kappa shape index (κ1) is 48.9. The zero-order valence-electron chi connectivity index (χ0n) is 33.3. The summed E-state index contributed by atoms with van der Waals surface area (Å²) < 4.78 is 12.2. The van der Waals surface area contributed by atoms with Gasteiger partial charge in [-0.2, -0.15) is 0 Å². The number of carbonyl (C=O) groups is 3. The zero-order chi connectivity index (χ0) is 41.9. The van der Waals surface area contributed by atoms with Gasteiger partial charge in [0.25, 0.3) is 17.7 Å². The van der Waals surface area contributed by atoms with Gasteiger partial charge in [-0.1, -0.05) is 35.9 Å². The van der Waals surface area contributed by atoms with E-state index >= 15 is 0 Å². The molecule has 59 heavy (non-hydrogen) atoms. The number of likely N-dealkylation sites (tertiary alicyclic amines) is 1. The van der Waals surface area contributed by atoms with Crippen LogP contribution in [-0.4, -0.2) is 160 Å². The van der Waals surface area contributed by atoms with Crippen LogP contribution < -0.4 is 38.7 Å². The number of piperidine rings is 1. The Kier molecular flexibility index (Phi) is 20.9. The number of ether oxygens (including phenoxy) is 2. The number of nitrogen functional groups attached to an aromatic ring is 2. The van der Waals surface area contributed by atoms with Gasteiger partial charge in [0.1, 0.15) is 11.5 Å². The number of aryl methyl sites for hydroxylation is 2. The fourth-order valence-electron chi connectivity index (χ4n) is 7.24. The Morgan fingerprint density at radius 2 is 1.20 bits per heavy atom. The van der Waals surface area contributed by atoms with Crippen LogP contribution in [0.3, 0.4) is 0 Å². The van der Waals surface area contributed by atoms with Gasteiger partial charge in [-0.05, 0) is 61.1 Å². The highest BCUT2D eigenvalue weighted by atomic mass is 35.5. The molecule has 1 aromatic heterocycles. The zero-order valence-corrected chi connectivity index (χ0v) is 34.8. The number of anilines is 2. The maximum Gasteiger partial charge on any atom is 0.274 e. The van der Waals surface area contributed by atoms with Gasteiger partial charge in [0.2, 0.25) is 0 Å². The lowest BCUT2D eigenvalue weighted by Gasteiger charge is -2.45. The minimum Gasteiger partial charge on any atom is -1.00 e. The lowest BCUT2D eigenvalue weighted by Crippen LogP contribution is -3.00. The van der Waals surface area contributed by atoms with E-state index in [4.69, 9.17) is 32.5 Å². The van der Waals surface area contributed by atoms with Crippen LogP contribution in [0.5, 0.6) is 11.5 Å². The van der Waals surface area contributed by atoms with Gasteiger partial charge in [0, 0.05) is 39.0 Å². The summed E-state index contributed by atoms with van der Waals surface area (Å²) >= 11 is 6.06. The van der Waals surface area contributed by atoms with E-state index < -0.39 is 5.91 Å². The Hall–Kier alpha value is -4.49. The minimum absolute atomic E-state index is 0. The Bertz CT molecular complexity index is 1670. The largest absolute Gasteiger partial charge is 1.00 e. The van der Waals surface area contributed by atoms with Crippen molar-refractivity contribution in [2.75, 3.05) is 103 Å². The monoisotopic (exact) mass is 864 g/mol. The maximum atomic E-state index is 13.3. The van der Waals surface area contributed by atoms with Crippen molar-refractivity contribution >= 4 is 41.0 Å². The molecule has 0 aliphatic carbocycles. The number of halogens is 2. The first-order valence-electron chi connectivity index (χ1n) is 19.7. The molecule has 1 saturated heterocycles. The van der Waals surface area contributed by atoms with Gasteiger partial charge in [-0.15, -0.1) is 0 Å². The number of hydrogen-bond acceptors (Lipinski definition) is 13. The van der Waals surface area contributed by atoms with Crippen molar-refractivity contribution < 1.29 is 61.2 Å². The molecule has 0 radical (unpaired) electrons. The number of nitrogens with zero attached hydrogens (tertiary/aromatic N) is 5. The molecule has 4 rings (SSSR count).